The molecule has 0 saturated carbocycles. The second-order valence-corrected chi connectivity index (χ2v) is 11.5. The highest BCUT2D eigenvalue weighted by atomic mass is 16.2. The Bertz CT molecular complexity index is 1520. The fraction of sp³-hybridized carbons (Fsp3) is 0.303. The van der Waals surface area contributed by atoms with E-state index in [2.05, 4.69) is 13.8 Å². The quantitative estimate of drug-likeness (QED) is 0.399. The first-order valence-corrected chi connectivity index (χ1v) is 14.0. The molecule has 216 valence electrons. The molecule has 3 aromatic rings. The number of amides is 5. The minimum atomic E-state index is -0.642. The molecule has 3 aromatic carbocycles. The molecule has 0 N–H and O–H groups in total. The molecule has 1 saturated heterocycles. The van der Waals surface area contributed by atoms with E-state index in [1.807, 2.05) is 18.2 Å². The third kappa shape index (κ3) is 5.68. The summed E-state index contributed by atoms with van der Waals surface area (Å²) in [6, 6.07) is 22.1. The second kappa shape index (κ2) is 11.6. The van der Waals surface area contributed by atoms with Gasteiger partial charge in [0.05, 0.1) is 22.4 Å². The average Bonchev–Trinajstić information content (AvgIpc) is 3.23. The summed E-state index contributed by atoms with van der Waals surface area (Å²) in [6.07, 6.45) is 1.83. The van der Waals surface area contributed by atoms with Crippen LogP contribution in [0, 0.1) is 5.41 Å². The van der Waals surface area contributed by atoms with Crippen LogP contribution in [0.2, 0.25) is 0 Å². The number of piperidine rings is 1. The van der Waals surface area contributed by atoms with E-state index in [1.165, 1.54) is 9.80 Å². The van der Waals surface area contributed by atoms with Crippen molar-refractivity contribution in [2.45, 2.75) is 26.7 Å². The summed E-state index contributed by atoms with van der Waals surface area (Å²) >= 11 is 0. The van der Waals surface area contributed by atoms with Crippen molar-refractivity contribution >= 4 is 40.9 Å². The van der Waals surface area contributed by atoms with Crippen molar-refractivity contribution in [3.05, 3.63) is 95.6 Å². The molecule has 0 bridgehead atoms. The van der Waals surface area contributed by atoms with Gasteiger partial charge in [0.1, 0.15) is 13.1 Å². The molecule has 0 aromatic heterocycles. The molecular formula is C33H34N4O5. The minimum absolute atomic E-state index is 0.0603. The van der Waals surface area contributed by atoms with Gasteiger partial charge in [-0.25, -0.2) is 0 Å². The first kappa shape index (κ1) is 28.7. The van der Waals surface area contributed by atoms with Gasteiger partial charge in [-0.15, -0.1) is 0 Å². The van der Waals surface area contributed by atoms with E-state index in [0.717, 1.165) is 17.7 Å². The Labute approximate surface area is 245 Å². The number of rotatable bonds is 7. The average molecular weight is 567 g/mol. The molecule has 0 radical (unpaired) electrons. The predicted octanol–water partition coefficient (Wildman–Crippen LogP) is 4.24. The van der Waals surface area contributed by atoms with E-state index in [1.54, 1.807) is 72.6 Å². The number of imide groups is 1. The van der Waals surface area contributed by atoms with Gasteiger partial charge < -0.3 is 14.7 Å². The Morgan fingerprint density at radius 3 is 2.07 bits per heavy atom. The van der Waals surface area contributed by atoms with Crippen LogP contribution < -0.4 is 9.80 Å². The number of anilines is 2. The van der Waals surface area contributed by atoms with Crippen molar-refractivity contribution in [1.29, 1.82) is 0 Å². The summed E-state index contributed by atoms with van der Waals surface area (Å²) < 4.78 is 0. The normalized spacial score (nSPS) is 15.8. The third-order valence-corrected chi connectivity index (χ3v) is 7.89. The van der Waals surface area contributed by atoms with Crippen molar-refractivity contribution in [1.82, 2.24) is 9.80 Å². The number of carbonyl (C=O) groups is 5. The summed E-state index contributed by atoms with van der Waals surface area (Å²) in [4.78, 5) is 72.8. The van der Waals surface area contributed by atoms with E-state index < -0.39 is 24.3 Å². The van der Waals surface area contributed by atoms with E-state index >= 15 is 0 Å². The van der Waals surface area contributed by atoms with Crippen LogP contribution in [-0.2, 0) is 9.59 Å². The Morgan fingerprint density at radius 1 is 0.833 bits per heavy atom. The lowest BCUT2D eigenvalue weighted by molar-refractivity contribution is -0.134. The molecule has 2 aliphatic heterocycles. The van der Waals surface area contributed by atoms with Gasteiger partial charge in [-0.05, 0) is 54.7 Å². The lowest BCUT2D eigenvalue weighted by Crippen LogP contribution is -2.51. The molecule has 0 spiro atoms. The zero-order valence-electron chi connectivity index (χ0n) is 24.1. The smallest absolute Gasteiger partial charge is 0.262 e. The van der Waals surface area contributed by atoms with Crippen LogP contribution >= 0.6 is 0 Å². The van der Waals surface area contributed by atoms with Gasteiger partial charge in [-0.2, -0.15) is 0 Å². The lowest BCUT2D eigenvalue weighted by atomic mass is 9.84. The maximum atomic E-state index is 14.0. The number of hydrogen-bond donors (Lipinski definition) is 0. The van der Waals surface area contributed by atoms with Crippen molar-refractivity contribution < 1.29 is 24.0 Å². The van der Waals surface area contributed by atoms with Gasteiger partial charge in [0.25, 0.3) is 17.7 Å². The van der Waals surface area contributed by atoms with Crippen LogP contribution in [-0.4, -0.2) is 72.6 Å². The fourth-order valence-corrected chi connectivity index (χ4v) is 5.62. The summed E-state index contributed by atoms with van der Waals surface area (Å²) in [5, 5.41) is 0. The van der Waals surface area contributed by atoms with Gasteiger partial charge in [0.15, 0.2) is 0 Å². The van der Waals surface area contributed by atoms with E-state index in [9.17, 15) is 24.0 Å². The highest BCUT2D eigenvalue weighted by molar-refractivity contribution is 6.23. The molecule has 1 fully saturated rings. The van der Waals surface area contributed by atoms with Crippen LogP contribution in [0.3, 0.4) is 0 Å². The number of benzene rings is 3. The highest BCUT2D eigenvalue weighted by Gasteiger charge is 2.39. The Kier molecular flexibility index (Phi) is 7.93. The SMILES string of the molecule is CN(C(=O)c1ccccc1N(CC(=O)N1CCCC(C)(C)C1)C(=O)CN1C(=O)c2ccccc2C1=O)c1ccccc1. The standard InChI is InChI=1S/C33H34N4O5/c1-33(2)18-11-19-35(22-33)28(38)20-36(29(39)21-37-31(41)24-14-7-8-15-25(24)32(37)42)27-17-10-9-16-26(27)30(40)34(3)23-12-5-4-6-13-23/h4-10,12-17H,11,18-22H2,1-3H3. The van der Waals surface area contributed by atoms with Crippen molar-refractivity contribution in [2.75, 3.05) is 43.0 Å². The Morgan fingerprint density at radius 2 is 1.43 bits per heavy atom. The largest absolute Gasteiger partial charge is 0.341 e. The number of para-hydroxylation sites is 2. The molecule has 2 heterocycles. The van der Waals surface area contributed by atoms with Gasteiger partial charge in [0.2, 0.25) is 11.8 Å². The van der Waals surface area contributed by atoms with Crippen LogP contribution in [0.5, 0.6) is 0 Å². The highest BCUT2D eigenvalue weighted by Crippen LogP contribution is 2.30. The number of hydrogen-bond acceptors (Lipinski definition) is 5. The second-order valence-electron chi connectivity index (χ2n) is 11.5. The first-order valence-electron chi connectivity index (χ1n) is 14.0. The maximum absolute atomic E-state index is 14.0. The Hall–Kier alpha value is -4.79. The van der Waals surface area contributed by atoms with E-state index in [-0.39, 0.29) is 46.2 Å². The molecule has 9 heteroatoms. The van der Waals surface area contributed by atoms with E-state index in [0.29, 0.717) is 18.8 Å². The number of fused-ring (bicyclic) bond motifs is 1. The number of carbonyl (C=O) groups excluding carboxylic acids is 5. The molecule has 5 rings (SSSR count). The summed E-state index contributed by atoms with van der Waals surface area (Å²) in [7, 11) is 1.64. The van der Waals surface area contributed by atoms with Crippen LogP contribution in [0.15, 0.2) is 78.9 Å². The first-order chi connectivity index (χ1) is 20.1. The van der Waals surface area contributed by atoms with Crippen LogP contribution in [0.25, 0.3) is 0 Å². The summed E-state index contributed by atoms with van der Waals surface area (Å²) in [5.41, 5.74) is 1.51. The molecular weight excluding hydrogens is 532 g/mol. The monoisotopic (exact) mass is 566 g/mol. The van der Waals surface area contributed by atoms with Crippen LogP contribution in [0.4, 0.5) is 11.4 Å². The predicted molar refractivity (Wildman–Crippen MR) is 159 cm³/mol. The third-order valence-electron chi connectivity index (χ3n) is 7.89. The van der Waals surface area contributed by atoms with Gasteiger partial charge in [-0.1, -0.05) is 56.3 Å². The lowest BCUT2D eigenvalue weighted by Gasteiger charge is -2.39. The van der Waals surface area contributed by atoms with E-state index in [4.69, 9.17) is 0 Å². The molecule has 9 nitrogen and oxygen atoms in total. The Balaban J connectivity index is 1.48. The minimum Gasteiger partial charge on any atom is -0.341 e. The van der Waals surface area contributed by atoms with Gasteiger partial charge >= 0.3 is 0 Å². The molecule has 2 aliphatic rings. The fourth-order valence-electron chi connectivity index (χ4n) is 5.62. The molecule has 0 aliphatic carbocycles. The summed E-state index contributed by atoms with van der Waals surface area (Å²) in [5.74, 6) is -2.42. The molecule has 0 atom stereocenters. The maximum Gasteiger partial charge on any atom is 0.262 e. The van der Waals surface area contributed by atoms with Crippen LogP contribution in [0.1, 0.15) is 57.8 Å². The summed E-state index contributed by atoms with van der Waals surface area (Å²) in [6.45, 7) is 4.42. The van der Waals surface area contributed by atoms with Crippen molar-refractivity contribution in [3.63, 3.8) is 0 Å². The zero-order valence-corrected chi connectivity index (χ0v) is 24.1. The molecule has 0 unspecified atom stereocenters. The number of likely N-dealkylation sites (tertiary alicyclic amines) is 1. The number of nitrogens with zero attached hydrogens (tertiary/aromatic N) is 4. The topological polar surface area (TPSA) is 98.3 Å². The van der Waals surface area contributed by atoms with Gasteiger partial charge in [-0.3, -0.25) is 28.9 Å². The molecule has 42 heavy (non-hydrogen) atoms. The zero-order chi connectivity index (χ0) is 30.0. The van der Waals surface area contributed by atoms with Crippen molar-refractivity contribution in [3.8, 4) is 0 Å². The molecule has 5 amide bonds. The van der Waals surface area contributed by atoms with Crippen molar-refractivity contribution in [2.24, 2.45) is 5.41 Å². The van der Waals surface area contributed by atoms with Gasteiger partial charge in [0, 0.05) is 25.8 Å².